The van der Waals surface area contributed by atoms with Crippen molar-refractivity contribution < 1.29 is 27.9 Å². The number of nitrogens with zero attached hydrogens (tertiary/aromatic N) is 1. The number of anilines is 1. The maximum atomic E-state index is 14.7. The van der Waals surface area contributed by atoms with E-state index in [4.69, 9.17) is 10.8 Å². The highest BCUT2D eigenvalue weighted by Crippen LogP contribution is 2.24. The third-order valence-electron chi connectivity index (χ3n) is 4.64. The summed E-state index contributed by atoms with van der Waals surface area (Å²) in [5, 5.41) is 8.68. The summed E-state index contributed by atoms with van der Waals surface area (Å²) in [5.74, 6) is -4.90. The van der Waals surface area contributed by atoms with Crippen LogP contribution >= 0.6 is 0 Å². The largest absolute Gasteiger partial charge is 0.481 e. The molecule has 0 atom stereocenters. The van der Waals surface area contributed by atoms with Gasteiger partial charge in [-0.25, -0.2) is 13.2 Å². The molecule has 0 saturated heterocycles. The van der Waals surface area contributed by atoms with Gasteiger partial charge >= 0.3 is 5.97 Å². The highest BCUT2D eigenvalue weighted by Gasteiger charge is 2.21. The average Bonchev–Trinajstić information content (AvgIpc) is 2.70. The van der Waals surface area contributed by atoms with Gasteiger partial charge in [0.25, 0.3) is 5.56 Å². The number of aromatic nitrogens is 1. The molecule has 0 aliphatic heterocycles. The smallest absolute Gasteiger partial charge is 0.303 e. The molecule has 1 aromatic heterocycles. The second kappa shape index (κ2) is 8.86. The van der Waals surface area contributed by atoms with Crippen LogP contribution in [0.1, 0.15) is 34.3 Å². The summed E-state index contributed by atoms with van der Waals surface area (Å²) >= 11 is 0. The lowest BCUT2D eigenvalue weighted by atomic mass is 10.0. The van der Waals surface area contributed by atoms with Gasteiger partial charge in [-0.1, -0.05) is 0 Å². The van der Waals surface area contributed by atoms with Crippen molar-refractivity contribution in [1.29, 1.82) is 0 Å². The lowest BCUT2D eigenvalue weighted by molar-refractivity contribution is -0.137. The van der Waals surface area contributed by atoms with Crippen LogP contribution in [0.3, 0.4) is 0 Å². The molecule has 0 aliphatic rings. The molecule has 0 bridgehead atoms. The van der Waals surface area contributed by atoms with Gasteiger partial charge in [0, 0.05) is 18.1 Å². The molecule has 0 fully saturated rings. The van der Waals surface area contributed by atoms with Crippen molar-refractivity contribution in [2.45, 2.75) is 19.3 Å². The Balaban J connectivity index is 2.04. The molecular formula is C22H17F3N2O4. The summed E-state index contributed by atoms with van der Waals surface area (Å²) in [7, 11) is 0. The number of nitrogen functional groups attached to an aromatic ring is 1. The van der Waals surface area contributed by atoms with E-state index in [9.17, 15) is 27.6 Å². The second-order valence-electron chi connectivity index (χ2n) is 6.80. The van der Waals surface area contributed by atoms with E-state index in [0.717, 1.165) is 36.4 Å². The van der Waals surface area contributed by atoms with Gasteiger partial charge in [0.2, 0.25) is 0 Å². The number of rotatable bonds is 7. The maximum Gasteiger partial charge on any atom is 0.303 e. The predicted octanol–water partition coefficient (Wildman–Crippen LogP) is 3.48. The number of nitrogens with two attached hydrogens (primary N) is 1. The second-order valence-corrected chi connectivity index (χ2v) is 6.80. The number of carbonyl (C=O) groups excluding carboxylic acids is 1. The van der Waals surface area contributed by atoms with E-state index >= 15 is 0 Å². The molecule has 1 heterocycles. The highest BCUT2D eigenvalue weighted by atomic mass is 19.1. The van der Waals surface area contributed by atoms with Gasteiger partial charge in [-0.2, -0.15) is 0 Å². The van der Waals surface area contributed by atoms with E-state index in [-0.39, 0.29) is 36.0 Å². The van der Waals surface area contributed by atoms with Crippen molar-refractivity contribution in [3.05, 3.63) is 93.0 Å². The minimum atomic E-state index is -1.09. The minimum absolute atomic E-state index is 0.0769. The summed E-state index contributed by atoms with van der Waals surface area (Å²) < 4.78 is 43.2. The Morgan fingerprint density at radius 1 is 0.968 bits per heavy atom. The molecule has 6 nitrogen and oxygen atoms in total. The van der Waals surface area contributed by atoms with Crippen LogP contribution in [0.15, 0.2) is 53.3 Å². The molecule has 3 rings (SSSR count). The van der Waals surface area contributed by atoms with E-state index in [1.807, 2.05) is 0 Å². The van der Waals surface area contributed by atoms with E-state index in [1.165, 1.54) is 12.1 Å². The molecule has 0 saturated carbocycles. The molecule has 31 heavy (non-hydrogen) atoms. The van der Waals surface area contributed by atoms with Crippen molar-refractivity contribution in [3.8, 4) is 5.69 Å². The van der Waals surface area contributed by atoms with E-state index in [1.54, 1.807) is 0 Å². The SMILES string of the molecule is Nc1c(C(=O)c2ccc(F)cc2)ccc(=O)n1-c1c(F)cc(CCCC(=O)O)cc1F. The standard InChI is InChI=1S/C22H17F3N2O4/c23-14-6-4-13(5-7-14)21(31)15-8-9-18(28)27(22(15)26)20-16(24)10-12(11-17(20)25)2-1-3-19(29)30/h4-11H,1-3,26H2,(H,29,30). The Labute approximate surface area is 174 Å². The van der Waals surface area contributed by atoms with E-state index in [2.05, 4.69) is 0 Å². The fourth-order valence-electron chi connectivity index (χ4n) is 3.15. The summed E-state index contributed by atoms with van der Waals surface area (Å²) in [4.78, 5) is 35.7. The van der Waals surface area contributed by atoms with Crippen molar-refractivity contribution in [2.24, 2.45) is 0 Å². The average molecular weight is 430 g/mol. The molecule has 2 aromatic carbocycles. The normalized spacial score (nSPS) is 10.8. The van der Waals surface area contributed by atoms with Crippen LogP contribution in [0.25, 0.3) is 5.69 Å². The van der Waals surface area contributed by atoms with E-state index < -0.39 is 46.3 Å². The third-order valence-corrected chi connectivity index (χ3v) is 4.64. The van der Waals surface area contributed by atoms with Crippen LogP contribution < -0.4 is 11.3 Å². The topological polar surface area (TPSA) is 102 Å². The molecule has 0 unspecified atom stereocenters. The highest BCUT2D eigenvalue weighted by molar-refractivity contribution is 6.11. The number of benzene rings is 2. The Morgan fingerprint density at radius 3 is 2.16 bits per heavy atom. The summed E-state index contributed by atoms with van der Waals surface area (Å²) in [6, 6.07) is 8.65. The summed E-state index contributed by atoms with van der Waals surface area (Å²) in [6.45, 7) is 0. The summed E-state index contributed by atoms with van der Waals surface area (Å²) in [5.41, 5.74) is 4.44. The zero-order valence-corrected chi connectivity index (χ0v) is 16.1. The number of carboxylic acids is 1. The number of hydrogen-bond acceptors (Lipinski definition) is 4. The van der Waals surface area contributed by atoms with E-state index in [0.29, 0.717) is 4.57 Å². The number of carboxylic acid groups (broad SMARTS) is 1. The van der Waals surface area contributed by atoms with Gasteiger partial charge in [-0.05, 0) is 60.9 Å². The quantitative estimate of drug-likeness (QED) is 0.559. The number of carbonyl (C=O) groups is 2. The first-order valence-electron chi connectivity index (χ1n) is 9.21. The molecule has 0 aliphatic carbocycles. The maximum absolute atomic E-state index is 14.7. The van der Waals surface area contributed by atoms with Gasteiger partial charge in [0.15, 0.2) is 17.4 Å². The summed E-state index contributed by atoms with van der Waals surface area (Å²) in [6.07, 6.45) is 0.135. The fraction of sp³-hybridized carbons (Fsp3) is 0.136. The number of pyridine rings is 1. The minimum Gasteiger partial charge on any atom is -0.481 e. The van der Waals surface area contributed by atoms with Crippen LogP contribution in [0, 0.1) is 17.5 Å². The number of hydrogen-bond donors (Lipinski definition) is 2. The molecule has 3 aromatic rings. The monoisotopic (exact) mass is 430 g/mol. The van der Waals surface area contributed by atoms with Gasteiger partial charge < -0.3 is 10.8 Å². The number of ketones is 1. The van der Waals surface area contributed by atoms with Crippen molar-refractivity contribution >= 4 is 17.6 Å². The Hall–Kier alpha value is -3.88. The first-order chi connectivity index (χ1) is 14.7. The number of aryl methyl sites for hydroxylation is 1. The Bertz CT molecular complexity index is 1200. The molecule has 0 radical (unpaired) electrons. The number of aliphatic carboxylic acids is 1. The van der Waals surface area contributed by atoms with Crippen molar-refractivity contribution in [1.82, 2.24) is 4.57 Å². The third kappa shape index (κ3) is 4.66. The first-order valence-corrected chi connectivity index (χ1v) is 9.21. The van der Waals surface area contributed by atoms with Gasteiger partial charge in [0.05, 0.1) is 5.56 Å². The molecule has 0 spiro atoms. The van der Waals surface area contributed by atoms with Gasteiger partial charge in [-0.3, -0.25) is 19.0 Å². The van der Waals surface area contributed by atoms with Crippen LogP contribution in [0.2, 0.25) is 0 Å². The molecule has 9 heteroatoms. The van der Waals surface area contributed by atoms with Crippen LogP contribution in [0.5, 0.6) is 0 Å². The van der Waals surface area contributed by atoms with Crippen LogP contribution in [0.4, 0.5) is 19.0 Å². The Kier molecular flexibility index (Phi) is 6.24. The number of halogens is 3. The van der Waals surface area contributed by atoms with Crippen LogP contribution in [-0.4, -0.2) is 21.4 Å². The molecule has 160 valence electrons. The lowest BCUT2D eigenvalue weighted by Gasteiger charge is -2.15. The van der Waals surface area contributed by atoms with Gasteiger partial charge in [-0.15, -0.1) is 0 Å². The molecule has 3 N–H and O–H groups in total. The zero-order valence-electron chi connectivity index (χ0n) is 16.1. The van der Waals surface area contributed by atoms with Crippen LogP contribution in [-0.2, 0) is 11.2 Å². The van der Waals surface area contributed by atoms with Crippen molar-refractivity contribution in [3.63, 3.8) is 0 Å². The fourth-order valence-corrected chi connectivity index (χ4v) is 3.15. The molecule has 0 amide bonds. The molecular weight excluding hydrogens is 413 g/mol. The zero-order chi connectivity index (χ0) is 22.7. The first kappa shape index (κ1) is 21.8. The Morgan fingerprint density at radius 2 is 1.58 bits per heavy atom. The van der Waals surface area contributed by atoms with Crippen molar-refractivity contribution in [2.75, 3.05) is 5.73 Å². The van der Waals surface area contributed by atoms with Gasteiger partial charge in [0.1, 0.15) is 17.3 Å². The lowest BCUT2D eigenvalue weighted by Crippen LogP contribution is -2.25. The predicted molar refractivity (Wildman–Crippen MR) is 107 cm³/mol.